The van der Waals surface area contributed by atoms with Crippen molar-refractivity contribution in [2.24, 2.45) is 0 Å². The minimum absolute atomic E-state index is 0.0498. The first kappa shape index (κ1) is 23.6. The van der Waals surface area contributed by atoms with Crippen LogP contribution in [-0.4, -0.2) is 46.7 Å². The summed E-state index contributed by atoms with van der Waals surface area (Å²) in [6, 6.07) is 15.8. The smallest absolute Gasteiger partial charge is 0.329 e. The van der Waals surface area contributed by atoms with Gasteiger partial charge < -0.3 is 10.1 Å². The number of likely N-dealkylation sites (N-methyl/N-ethyl adjacent to an activating group) is 1. The summed E-state index contributed by atoms with van der Waals surface area (Å²) >= 11 is 0. The maximum Gasteiger partial charge on any atom is 0.329 e. The number of nitrogens with zero attached hydrogens (tertiary/aromatic N) is 3. The lowest BCUT2D eigenvalue weighted by atomic mass is 10.0. The fraction of sp³-hybridized carbons (Fsp3) is 0.440. The van der Waals surface area contributed by atoms with Crippen LogP contribution in [0.5, 0.6) is 5.75 Å². The molecule has 0 radical (unpaired) electrons. The van der Waals surface area contributed by atoms with Crippen molar-refractivity contribution >= 4 is 16.9 Å². The molecule has 0 saturated heterocycles. The minimum atomic E-state index is -0.0705. The van der Waals surface area contributed by atoms with Crippen molar-refractivity contribution in [3.63, 3.8) is 0 Å². The standard InChI is InChI=1S/C25H34N4O3/c1-5-27(6-2)23(19-11-10-12-20(17-19)32-4)18-26-24(30)15-16-29-22-14-9-8-13-21(22)28(7-3)25(29)31/h8-14,17,23H,5-7,15-16,18H2,1-4H3,(H,26,30). The van der Waals surface area contributed by atoms with Crippen molar-refractivity contribution in [1.82, 2.24) is 19.4 Å². The summed E-state index contributed by atoms with van der Waals surface area (Å²) in [5, 5.41) is 3.08. The minimum Gasteiger partial charge on any atom is -0.497 e. The Kier molecular flexibility index (Phi) is 8.11. The monoisotopic (exact) mass is 438 g/mol. The molecule has 2 aromatic carbocycles. The van der Waals surface area contributed by atoms with Crippen LogP contribution in [0.25, 0.3) is 11.0 Å². The normalized spacial score (nSPS) is 12.3. The van der Waals surface area contributed by atoms with Gasteiger partial charge in [-0.3, -0.25) is 18.8 Å². The largest absolute Gasteiger partial charge is 0.497 e. The zero-order valence-corrected chi connectivity index (χ0v) is 19.5. The van der Waals surface area contributed by atoms with Gasteiger partial charge in [-0.25, -0.2) is 4.79 Å². The molecule has 0 aliphatic rings. The second-order valence-electron chi connectivity index (χ2n) is 7.73. The number of ether oxygens (including phenoxy) is 1. The molecule has 1 amide bonds. The van der Waals surface area contributed by atoms with Gasteiger partial charge in [-0.15, -0.1) is 0 Å². The van der Waals surface area contributed by atoms with Crippen LogP contribution in [0.15, 0.2) is 53.3 Å². The van der Waals surface area contributed by atoms with E-state index in [1.54, 1.807) is 16.2 Å². The molecule has 172 valence electrons. The van der Waals surface area contributed by atoms with Crippen molar-refractivity contribution in [3.05, 3.63) is 64.6 Å². The number of carbonyl (C=O) groups excluding carboxylic acids is 1. The number of hydrogen-bond donors (Lipinski definition) is 1. The molecule has 32 heavy (non-hydrogen) atoms. The van der Waals surface area contributed by atoms with Crippen LogP contribution in [0.2, 0.25) is 0 Å². The summed E-state index contributed by atoms with van der Waals surface area (Å²) in [4.78, 5) is 27.8. The molecule has 3 rings (SSSR count). The number of nitrogens with one attached hydrogen (secondary N) is 1. The molecular weight excluding hydrogens is 404 g/mol. The van der Waals surface area contributed by atoms with Gasteiger partial charge in [-0.2, -0.15) is 0 Å². The van der Waals surface area contributed by atoms with Crippen LogP contribution in [0.4, 0.5) is 0 Å². The van der Waals surface area contributed by atoms with Crippen LogP contribution in [-0.2, 0) is 17.9 Å². The number of fused-ring (bicyclic) bond motifs is 1. The van der Waals surface area contributed by atoms with E-state index >= 15 is 0 Å². The van der Waals surface area contributed by atoms with Crippen molar-refractivity contribution < 1.29 is 9.53 Å². The second kappa shape index (κ2) is 11.0. The Balaban J connectivity index is 1.70. The van der Waals surface area contributed by atoms with E-state index in [0.717, 1.165) is 35.4 Å². The van der Waals surface area contributed by atoms with Crippen molar-refractivity contribution in [2.45, 2.75) is 46.3 Å². The van der Waals surface area contributed by atoms with Crippen molar-refractivity contribution in [1.29, 1.82) is 0 Å². The van der Waals surface area contributed by atoms with Gasteiger partial charge in [0.2, 0.25) is 5.91 Å². The number of aromatic nitrogens is 2. The number of para-hydroxylation sites is 2. The van der Waals surface area contributed by atoms with Crippen molar-refractivity contribution in [2.75, 3.05) is 26.7 Å². The zero-order chi connectivity index (χ0) is 23.1. The van der Waals surface area contributed by atoms with E-state index in [1.165, 1.54) is 0 Å². The molecule has 0 aliphatic carbocycles. The summed E-state index contributed by atoms with van der Waals surface area (Å²) < 4.78 is 8.82. The average molecular weight is 439 g/mol. The molecule has 0 bridgehead atoms. The predicted octanol–water partition coefficient (Wildman–Crippen LogP) is 3.42. The van der Waals surface area contributed by atoms with Crippen molar-refractivity contribution in [3.8, 4) is 5.75 Å². The summed E-state index contributed by atoms with van der Waals surface area (Å²) in [6.07, 6.45) is 0.251. The topological polar surface area (TPSA) is 68.5 Å². The van der Waals surface area contributed by atoms with Gasteiger partial charge in [0.1, 0.15) is 5.75 Å². The number of benzene rings is 2. The molecule has 7 nitrogen and oxygen atoms in total. The second-order valence-corrected chi connectivity index (χ2v) is 7.73. The highest BCUT2D eigenvalue weighted by Crippen LogP contribution is 2.24. The van der Waals surface area contributed by atoms with Gasteiger partial charge in [0.15, 0.2) is 0 Å². The molecule has 1 atom stereocenters. The maximum atomic E-state index is 12.8. The number of imidazole rings is 1. The molecule has 0 aliphatic heterocycles. The van der Waals surface area contributed by atoms with Gasteiger partial charge >= 0.3 is 5.69 Å². The van der Waals surface area contributed by atoms with Gasteiger partial charge in [0, 0.05) is 26.1 Å². The fourth-order valence-corrected chi connectivity index (χ4v) is 4.28. The highest BCUT2D eigenvalue weighted by molar-refractivity contribution is 5.78. The molecule has 3 aromatic rings. The number of rotatable bonds is 11. The summed E-state index contributed by atoms with van der Waals surface area (Å²) in [5.41, 5.74) is 2.80. The molecule has 1 unspecified atom stereocenters. The third-order valence-corrected chi connectivity index (χ3v) is 6.03. The fourth-order valence-electron chi connectivity index (χ4n) is 4.28. The van der Waals surface area contributed by atoms with E-state index in [-0.39, 0.29) is 24.1 Å². The lowest BCUT2D eigenvalue weighted by Crippen LogP contribution is -2.38. The number of carbonyl (C=O) groups is 1. The molecule has 1 N–H and O–H groups in total. The lowest BCUT2D eigenvalue weighted by molar-refractivity contribution is -0.121. The molecule has 1 heterocycles. The van der Waals surface area contributed by atoms with Gasteiger partial charge in [0.05, 0.1) is 24.2 Å². The molecule has 0 spiro atoms. The van der Waals surface area contributed by atoms with Crippen LogP contribution in [0.3, 0.4) is 0 Å². The highest BCUT2D eigenvalue weighted by Gasteiger charge is 2.20. The summed E-state index contributed by atoms with van der Waals surface area (Å²) in [5.74, 6) is 0.739. The summed E-state index contributed by atoms with van der Waals surface area (Å²) in [7, 11) is 1.66. The quantitative estimate of drug-likeness (QED) is 0.498. The number of hydrogen-bond acceptors (Lipinski definition) is 4. The Morgan fingerprint density at radius 3 is 2.34 bits per heavy atom. The maximum absolute atomic E-state index is 12.8. The van der Waals surface area contributed by atoms with E-state index in [2.05, 4.69) is 30.1 Å². The number of amides is 1. The number of methoxy groups -OCH3 is 1. The third kappa shape index (κ3) is 5.05. The summed E-state index contributed by atoms with van der Waals surface area (Å²) in [6.45, 7) is 9.40. The van der Waals surface area contributed by atoms with E-state index in [9.17, 15) is 9.59 Å². The first-order valence-corrected chi connectivity index (χ1v) is 11.4. The highest BCUT2D eigenvalue weighted by atomic mass is 16.5. The Bertz CT molecular complexity index is 1100. The Hall–Kier alpha value is -3.06. The van der Waals surface area contributed by atoms with Crippen LogP contribution < -0.4 is 15.7 Å². The average Bonchev–Trinajstić information content (AvgIpc) is 3.10. The van der Waals surface area contributed by atoms with Crippen LogP contribution in [0, 0.1) is 0 Å². The molecular formula is C25H34N4O3. The predicted molar refractivity (Wildman–Crippen MR) is 128 cm³/mol. The number of aryl methyl sites for hydroxylation is 2. The van der Waals surface area contributed by atoms with Gasteiger partial charge in [-0.05, 0) is 49.8 Å². The third-order valence-electron chi connectivity index (χ3n) is 6.03. The Labute approximate surface area is 189 Å². The van der Waals surface area contributed by atoms with E-state index < -0.39 is 0 Å². The Morgan fingerprint density at radius 2 is 1.72 bits per heavy atom. The Morgan fingerprint density at radius 1 is 1.03 bits per heavy atom. The van der Waals surface area contributed by atoms with Gasteiger partial charge in [-0.1, -0.05) is 38.1 Å². The first-order chi connectivity index (χ1) is 15.5. The molecule has 0 fully saturated rings. The zero-order valence-electron chi connectivity index (χ0n) is 19.5. The lowest BCUT2D eigenvalue weighted by Gasteiger charge is -2.30. The van der Waals surface area contributed by atoms with E-state index in [0.29, 0.717) is 19.6 Å². The molecule has 7 heteroatoms. The van der Waals surface area contributed by atoms with Crippen LogP contribution >= 0.6 is 0 Å². The molecule has 0 saturated carbocycles. The SMILES string of the molecule is CCN(CC)C(CNC(=O)CCn1c(=O)n(CC)c2ccccc21)c1cccc(OC)c1. The van der Waals surface area contributed by atoms with Crippen LogP contribution in [0.1, 0.15) is 38.8 Å². The van der Waals surface area contributed by atoms with E-state index in [1.807, 2.05) is 49.4 Å². The van der Waals surface area contributed by atoms with E-state index in [4.69, 9.17) is 4.74 Å². The first-order valence-electron chi connectivity index (χ1n) is 11.4. The van der Waals surface area contributed by atoms with Gasteiger partial charge in [0.25, 0.3) is 0 Å². The molecule has 1 aromatic heterocycles.